The van der Waals surface area contributed by atoms with E-state index in [1.807, 2.05) is 66.7 Å². The molecule has 0 bridgehead atoms. The van der Waals surface area contributed by atoms with Gasteiger partial charge in [-0.05, 0) is 17.5 Å². The van der Waals surface area contributed by atoms with Crippen LogP contribution in [-0.2, 0) is 30.7 Å². The average Bonchev–Trinajstić information content (AvgIpc) is 3.83. The van der Waals surface area contributed by atoms with Crippen LogP contribution in [0.4, 0.5) is 0 Å². The van der Waals surface area contributed by atoms with Crippen molar-refractivity contribution in [2.45, 2.75) is 12.8 Å². The van der Waals surface area contributed by atoms with E-state index in [-0.39, 0.29) is 24.8 Å². The summed E-state index contributed by atoms with van der Waals surface area (Å²) in [5, 5.41) is 7.59. The van der Waals surface area contributed by atoms with Gasteiger partial charge >= 0.3 is 28.4 Å². The van der Waals surface area contributed by atoms with Crippen molar-refractivity contribution in [3.63, 3.8) is 0 Å². The maximum Gasteiger partial charge on any atom is -0.0246 e. The maximum absolute atomic E-state index is 3.95. The summed E-state index contributed by atoms with van der Waals surface area (Å²) in [5.74, 6) is 0. The smallest absolute Gasteiger partial charge is 0.0246 e. The Kier molecular flexibility index (Phi) is 15.7. The predicted octanol–water partition coefficient (Wildman–Crippen LogP) is 12.4. The first-order valence-electron chi connectivity index (χ1n) is 15.4. The minimum atomic E-state index is 0. The first-order chi connectivity index (χ1) is 22.7. The summed E-state index contributed by atoms with van der Waals surface area (Å²) in [6.07, 6.45) is 11.0. The molecular formula is C45H38Cl2Zr-4. The molecule has 0 atom stereocenters. The molecule has 0 aromatic heterocycles. The summed E-state index contributed by atoms with van der Waals surface area (Å²) in [4.78, 5) is 0. The van der Waals surface area contributed by atoms with Gasteiger partial charge in [-0.2, -0.15) is 43.2 Å². The number of hydrogen-bond acceptors (Lipinski definition) is 0. The van der Waals surface area contributed by atoms with Gasteiger partial charge in [0.25, 0.3) is 0 Å². The Morgan fingerprint density at radius 2 is 1.12 bits per heavy atom. The Morgan fingerprint density at radius 1 is 0.562 bits per heavy atom. The zero-order valence-electron chi connectivity index (χ0n) is 26.9. The molecule has 48 heavy (non-hydrogen) atoms. The molecule has 0 N–H and O–H groups in total. The number of allylic oxidation sites excluding steroid dienone is 4. The van der Waals surface area contributed by atoms with Gasteiger partial charge < -0.3 is 0 Å². The molecule has 0 saturated heterocycles. The van der Waals surface area contributed by atoms with Crippen LogP contribution >= 0.6 is 24.8 Å². The summed E-state index contributed by atoms with van der Waals surface area (Å²) in [5.41, 5.74) is 7.85. The molecule has 9 rings (SSSR count). The summed E-state index contributed by atoms with van der Waals surface area (Å²) >= 11 is 1.30. The normalized spacial score (nSPS) is 11.0. The molecule has 7 aromatic carbocycles. The topological polar surface area (TPSA) is 0 Å². The van der Waals surface area contributed by atoms with Gasteiger partial charge in [-0.1, -0.05) is 101 Å². The van der Waals surface area contributed by atoms with Crippen molar-refractivity contribution < 1.29 is 24.2 Å². The summed E-state index contributed by atoms with van der Waals surface area (Å²) in [6.45, 7) is 7.90. The van der Waals surface area contributed by atoms with Crippen molar-refractivity contribution >= 4 is 61.3 Å². The second-order valence-corrected chi connectivity index (χ2v) is 10.8. The Balaban J connectivity index is 0.000000179. The van der Waals surface area contributed by atoms with Crippen LogP contribution in [0.15, 0.2) is 158 Å². The van der Waals surface area contributed by atoms with Crippen molar-refractivity contribution in [2.75, 3.05) is 0 Å². The molecule has 0 spiro atoms. The van der Waals surface area contributed by atoms with Crippen molar-refractivity contribution in [2.24, 2.45) is 0 Å². The molecule has 0 nitrogen and oxygen atoms in total. The van der Waals surface area contributed by atoms with Gasteiger partial charge in [0, 0.05) is 0 Å². The van der Waals surface area contributed by atoms with E-state index in [4.69, 9.17) is 0 Å². The van der Waals surface area contributed by atoms with Gasteiger partial charge in [0.2, 0.25) is 0 Å². The minimum absolute atomic E-state index is 0. The maximum atomic E-state index is 3.95. The van der Waals surface area contributed by atoms with Gasteiger partial charge in [-0.25, -0.2) is 12.2 Å². The molecule has 240 valence electrons. The fraction of sp³-hybridized carbons (Fsp3) is 0.0444. The second kappa shape index (κ2) is 19.6. The Bertz CT molecular complexity index is 2030. The monoisotopic (exact) mass is 738 g/mol. The number of fused-ring (bicyclic) bond motifs is 7. The molecule has 0 amide bonds. The average molecular weight is 741 g/mol. The van der Waals surface area contributed by atoms with Crippen molar-refractivity contribution in [1.29, 1.82) is 0 Å². The van der Waals surface area contributed by atoms with Crippen molar-refractivity contribution in [3.05, 3.63) is 206 Å². The number of halogens is 2. The quantitative estimate of drug-likeness (QED) is 0.136. The fourth-order valence-corrected chi connectivity index (χ4v) is 5.75. The largest absolute Gasteiger partial charge is 0.147 e. The van der Waals surface area contributed by atoms with E-state index < -0.39 is 0 Å². The molecule has 7 aromatic rings. The third-order valence-electron chi connectivity index (χ3n) is 7.97. The van der Waals surface area contributed by atoms with Crippen molar-refractivity contribution in [1.82, 2.24) is 0 Å². The van der Waals surface area contributed by atoms with E-state index in [1.54, 1.807) is 0 Å². The minimum Gasteiger partial charge on any atom is -0.147 e. The molecule has 0 radical (unpaired) electrons. The molecule has 2 aliphatic rings. The van der Waals surface area contributed by atoms with Gasteiger partial charge in [-0.3, -0.25) is 6.08 Å². The van der Waals surface area contributed by atoms with Crippen LogP contribution in [0.2, 0.25) is 0 Å². The first kappa shape index (κ1) is 38.3. The third-order valence-corrected chi connectivity index (χ3v) is 7.97. The first-order valence-corrected chi connectivity index (χ1v) is 17.1. The van der Waals surface area contributed by atoms with Crippen molar-refractivity contribution in [3.8, 4) is 11.1 Å². The standard InChI is InChI=1S/C17H11.2C11H9.C5H5.CH2.2ClH.Zr/c1-3-7-14-12(5-1)9-10-16-15-8-4-2-6-13(15)11-17(14)16;2*1-9-5-4-7-10-6-2-3-8-11(9)10;1-2-4-5-3-1;;;;/h1-6,8-10H,11H2;2*2-8H,1H2;1-3H,4H2;1H2;2*1H;/q4*-1;;;;. The van der Waals surface area contributed by atoms with Crippen LogP contribution in [0.3, 0.4) is 0 Å². The molecule has 0 aliphatic heterocycles. The van der Waals surface area contributed by atoms with E-state index in [0.29, 0.717) is 0 Å². The van der Waals surface area contributed by atoms with Crippen LogP contribution in [0, 0.1) is 26.0 Å². The number of benzene rings is 7. The van der Waals surface area contributed by atoms with Crippen LogP contribution in [0.5, 0.6) is 0 Å². The number of hydrogen-bond donors (Lipinski definition) is 0. The summed E-state index contributed by atoms with van der Waals surface area (Å²) in [7, 11) is 0. The molecule has 0 fully saturated rings. The van der Waals surface area contributed by atoms with Crippen LogP contribution in [-0.4, -0.2) is 4.21 Å². The van der Waals surface area contributed by atoms with Crippen LogP contribution in [0.25, 0.3) is 43.4 Å². The van der Waals surface area contributed by atoms with Gasteiger partial charge in [0.05, 0.1) is 0 Å². The van der Waals surface area contributed by atoms with Gasteiger partial charge in [0.15, 0.2) is 0 Å². The van der Waals surface area contributed by atoms with E-state index in [1.165, 1.54) is 78.8 Å². The molecule has 0 heterocycles. The van der Waals surface area contributed by atoms with Crippen LogP contribution < -0.4 is 0 Å². The molecular weight excluding hydrogens is 703 g/mol. The summed E-state index contributed by atoms with van der Waals surface area (Å²) < 4.78 is 3.34. The SMILES string of the molecule is Cl.Cl.[C-]1=CC=CC1.[CH2-]c1cccc2ccccc12.[CH2-]c1cccc2ccccc12.[CH2]=[Zr].[c-]1cccc2ccc3c(c12)Cc1ccccc1-3. The van der Waals surface area contributed by atoms with E-state index in [0.717, 1.165) is 24.0 Å². The predicted molar refractivity (Wildman–Crippen MR) is 211 cm³/mol. The second-order valence-electron chi connectivity index (χ2n) is 10.8. The zero-order valence-corrected chi connectivity index (χ0v) is 31.0. The van der Waals surface area contributed by atoms with E-state index in [9.17, 15) is 0 Å². The Hall–Kier alpha value is -4.13. The number of rotatable bonds is 0. The molecule has 3 heteroatoms. The summed E-state index contributed by atoms with van der Waals surface area (Å²) in [6, 6.07) is 51.6. The Morgan fingerprint density at radius 3 is 1.69 bits per heavy atom. The third kappa shape index (κ3) is 9.49. The zero-order chi connectivity index (χ0) is 32.1. The van der Waals surface area contributed by atoms with Crippen LogP contribution in [0.1, 0.15) is 28.7 Å². The van der Waals surface area contributed by atoms with Gasteiger partial charge in [0.1, 0.15) is 0 Å². The van der Waals surface area contributed by atoms with E-state index in [2.05, 4.69) is 121 Å². The van der Waals surface area contributed by atoms with Gasteiger partial charge in [-0.15, -0.1) is 107 Å². The molecule has 0 unspecified atom stereocenters. The fourth-order valence-electron chi connectivity index (χ4n) is 5.75. The Labute approximate surface area is 313 Å². The molecule has 0 saturated carbocycles. The van der Waals surface area contributed by atoms with E-state index >= 15 is 0 Å². The molecule has 2 aliphatic carbocycles.